The summed E-state index contributed by atoms with van der Waals surface area (Å²) >= 11 is 12.5. The van der Waals surface area contributed by atoms with Crippen LogP contribution >= 0.6 is 23.2 Å². The van der Waals surface area contributed by atoms with Gasteiger partial charge in [0.1, 0.15) is 5.52 Å². The number of nitrogens with zero attached hydrogens (tertiary/aromatic N) is 3. The summed E-state index contributed by atoms with van der Waals surface area (Å²) in [5, 5.41) is 14.4. The van der Waals surface area contributed by atoms with Gasteiger partial charge in [-0.3, -0.25) is 9.67 Å². The highest BCUT2D eigenvalue weighted by molar-refractivity contribution is 6.36. The van der Waals surface area contributed by atoms with E-state index in [0.717, 1.165) is 28.4 Å². The number of fused-ring (bicyclic) bond motifs is 1. The first-order valence-electron chi connectivity index (χ1n) is 7.13. The molecule has 0 unspecified atom stereocenters. The lowest BCUT2D eigenvalue weighted by Crippen LogP contribution is -2.03. The molecule has 0 aliphatic carbocycles. The SMILES string of the molecule is Cc1nn(Cc2c(Cl)cccc2Cl)c2cc(C=CC(=O)O)cnc12. The van der Waals surface area contributed by atoms with Crippen molar-refractivity contribution in [2.24, 2.45) is 0 Å². The predicted molar refractivity (Wildman–Crippen MR) is 94.5 cm³/mol. The summed E-state index contributed by atoms with van der Waals surface area (Å²) in [6.45, 7) is 2.27. The second-order valence-corrected chi connectivity index (χ2v) is 6.07. The Morgan fingerprint density at radius 2 is 2.04 bits per heavy atom. The van der Waals surface area contributed by atoms with Crippen LogP contribution in [0.3, 0.4) is 0 Å². The number of aromatic nitrogens is 3. The van der Waals surface area contributed by atoms with Gasteiger partial charge in [0, 0.05) is 27.9 Å². The van der Waals surface area contributed by atoms with E-state index in [0.29, 0.717) is 22.2 Å². The maximum atomic E-state index is 10.7. The lowest BCUT2D eigenvalue weighted by molar-refractivity contribution is -0.131. The lowest BCUT2D eigenvalue weighted by atomic mass is 10.2. The highest BCUT2D eigenvalue weighted by Gasteiger charge is 2.13. The van der Waals surface area contributed by atoms with Crippen LogP contribution in [0, 0.1) is 6.92 Å². The smallest absolute Gasteiger partial charge is 0.328 e. The van der Waals surface area contributed by atoms with Gasteiger partial charge >= 0.3 is 5.97 Å². The zero-order valence-corrected chi connectivity index (χ0v) is 14.2. The summed E-state index contributed by atoms with van der Waals surface area (Å²) in [6.07, 6.45) is 4.18. The number of carboxylic acid groups (broad SMARTS) is 1. The molecule has 0 radical (unpaired) electrons. The number of halogens is 2. The van der Waals surface area contributed by atoms with Crippen LogP contribution in [0.2, 0.25) is 10.0 Å². The third-order valence-electron chi connectivity index (χ3n) is 3.57. The molecule has 1 N–H and O–H groups in total. The normalized spacial score (nSPS) is 11.5. The Balaban J connectivity index is 2.07. The highest BCUT2D eigenvalue weighted by atomic mass is 35.5. The van der Waals surface area contributed by atoms with Crippen molar-refractivity contribution >= 4 is 46.3 Å². The minimum absolute atomic E-state index is 0.399. The Labute approximate surface area is 148 Å². The summed E-state index contributed by atoms with van der Waals surface area (Å²) < 4.78 is 1.77. The largest absolute Gasteiger partial charge is 0.478 e. The van der Waals surface area contributed by atoms with Gasteiger partial charge in [0.2, 0.25) is 0 Å². The third-order valence-corrected chi connectivity index (χ3v) is 4.28. The molecule has 0 spiro atoms. The first-order chi connectivity index (χ1) is 11.5. The quantitative estimate of drug-likeness (QED) is 0.707. The molecule has 0 atom stereocenters. The minimum Gasteiger partial charge on any atom is -0.478 e. The molecule has 3 rings (SSSR count). The van der Waals surface area contributed by atoms with Crippen LogP contribution in [0.15, 0.2) is 36.5 Å². The van der Waals surface area contributed by atoms with Gasteiger partial charge in [0.15, 0.2) is 0 Å². The van der Waals surface area contributed by atoms with Crippen molar-refractivity contribution in [1.29, 1.82) is 0 Å². The molecule has 7 heteroatoms. The topological polar surface area (TPSA) is 68.0 Å². The Hall–Kier alpha value is -2.37. The maximum absolute atomic E-state index is 10.7. The fourth-order valence-electron chi connectivity index (χ4n) is 2.44. The monoisotopic (exact) mass is 361 g/mol. The zero-order valence-electron chi connectivity index (χ0n) is 12.7. The van der Waals surface area contributed by atoms with Gasteiger partial charge in [0.25, 0.3) is 0 Å². The van der Waals surface area contributed by atoms with E-state index in [2.05, 4.69) is 10.1 Å². The van der Waals surface area contributed by atoms with Crippen molar-refractivity contribution in [3.05, 3.63) is 63.4 Å². The Bertz CT molecular complexity index is 944. The molecule has 5 nitrogen and oxygen atoms in total. The number of hydrogen-bond donors (Lipinski definition) is 1. The fraction of sp³-hybridized carbons (Fsp3) is 0.118. The van der Waals surface area contributed by atoms with E-state index in [9.17, 15) is 4.79 Å². The van der Waals surface area contributed by atoms with Gasteiger partial charge in [-0.05, 0) is 36.8 Å². The highest BCUT2D eigenvalue weighted by Crippen LogP contribution is 2.27. The molecule has 1 aromatic carbocycles. The van der Waals surface area contributed by atoms with Gasteiger partial charge < -0.3 is 5.11 Å². The number of carboxylic acids is 1. The molecule has 0 saturated heterocycles. The van der Waals surface area contributed by atoms with Crippen molar-refractivity contribution in [3.63, 3.8) is 0 Å². The summed E-state index contributed by atoms with van der Waals surface area (Å²) in [5.41, 5.74) is 3.77. The Morgan fingerprint density at radius 1 is 1.33 bits per heavy atom. The van der Waals surface area contributed by atoms with Crippen LogP contribution in [0.1, 0.15) is 16.8 Å². The zero-order chi connectivity index (χ0) is 17.3. The number of aryl methyl sites for hydroxylation is 1. The first kappa shape index (κ1) is 16.5. The summed E-state index contributed by atoms with van der Waals surface area (Å²) in [5.74, 6) is -1.01. The van der Waals surface area contributed by atoms with Gasteiger partial charge in [-0.25, -0.2) is 4.79 Å². The molecule has 24 heavy (non-hydrogen) atoms. The predicted octanol–water partition coefficient (Wildman–Crippen LogP) is 4.19. The van der Waals surface area contributed by atoms with Crippen molar-refractivity contribution in [2.45, 2.75) is 13.5 Å². The summed E-state index contributed by atoms with van der Waals surface area (Å²) in [6, 6.07) is 7.19. The molecule has 2 heterocycles. The van der Waals surface area contributed by atoms with Crippen LogP contribution in [0.5, 0.6) is 0 Å². The van der Waals surface area contributed by atoms with Crippen molar-refractivity contribution in [3.8, 4) is 0 Å². The van der Waals surface area contributed by atoms with Crippen LogP contribution in [0.25, 0.3) is 17.1 Å². The molecule has 0 amide bonds. The molecular formula is C17H13Cl2N3O2. The molecule has 0 aliphatic rings. The minimum atomic E-state index is -1.01. The van der Waals surface area contributed by atoms with E-state index in [4.69, 9.17) is 28.3 Å². The molecule has 0 aliphatic heterocycles. The number of pyridine rings is 1. The van der Waals surface area contributed by atoms with Crippen LogP contribution in [0.4, 0.5) is 0 Å². The second-order valence-electron chi connectivity index (χ2n) is 5.25. The average Bonchev–Trinajstić information content (AvgIpc) is 2.85. The molecule has 0 fully saturated rings. The molecule has 2 aromatic heterocycles. The number of carbonyl (C=O) groups is 1. The van der Waals surface area contributed by atoms with Crippen LogP contribution in [-0.2, 0) is 11.3 Å². The van der Waals surface area contributed by atoms with Crippen molar-refractivity contribution < 1.29 is 9.90 Å². The molecule has 122 valence electrons. The van der Waals surface area contributed by atoms with E-state index in [1.54, 1.807) is 29.1 Å². The maximum Gasteiger partial charge on any atom is 0.328 e. The second kappa shape index (κ2) is 6.63. The number of rotatable bonds is 4. The summed E-state index contributed by atoms with van der Waals surface area (Å²) in [7, 11) is 0. The van der Waals surface area contributed by atoms with E-state index in [1.807, 2.05) is 13.0 Å². The molecule has 0 saturated carbocycles. The van der Waals surface area contributed by atoms with E-state index < -0.39 is 5.97 Å². The number of hydrogen-bond acceptors (Lipinski definition) is 3. The van der Waals surface area contributed by atoms with Gasteiger partial charge in [-0.15, -0.1) is 0 Å². The van der Waals surface area contributed by atoms with E-state index >= 15 is 0 Å². The van der Waals surface area contributed by atoms with Crippen molar-refractivity contribution in [1.82, 2.24) is 14.8 Å². The van der Waals surface area contributed by atoms with E-state index in [1.165, 1.54) is 6.08 Å². The Morgan fingerprint density at radius 3 is 2.71 bits per heavy atom. The number of aliphatic carboxylic acids is 1. The third kappa shape index (κ3) is 3.27. The van der Waals surface area contributed by atoms with E-state index in [-0.39, 0.29) is 0 Å². The van der Waals surface area contributed by atoms with Gasteiger partial charge in [0.05, 0.1) is 17.8 Å². The standard InChI is InChI=1S/C17H13Cl2N3O2/c1-10-17-15(7-11(8-20-17)5-6-16(23)24)22(21-10)9-12-13(18)3-2-4-14(12)19/h2-8H,9H2,1H3,(H,23,24). The Kier molecular flexibility index (Phi) is 4.55. The van der Waals surface area contributed by atoms with Crippen LogP contribution in [-0.4, -0.2) is 25.8 Å². The molecular weight excluding hydrogens is 349 g/mol. The van der Waals surface area contributed by atoms with Crippen molar-refractivity contribution in [2.75, 3.05) is 0 Å². The molecule has 0 bridgehead atoms. The molecule has 3 aromatic rings. The fourth-order valence-corrected chi connectivity index (χ4v) is 2.96. The first-order valence-corrected chi connectivity index (χ1v) is 7.88. The average molecular weight is 362 g/mol. The van der Waals surface area contributed by atoms with Gasteiger partial charge in [-0.1, -0.05) is 29.3 Å². The van der Waals surface area contributed by atoms with Crippen LogP contribution < -0.4 is 0 Å². The number of benzene rings is 1. The lowest BCUT2D eigenvalue weighted by Gasteiger charge is -2.08. The van der Waals surface area contributed by atoms with Gasteiger partial charge in [-0.2, -0.15) is 5.10 Å². The summed E-state index contributed by atoms with van der Waals surface area (Å²) in [4.78, 5) is 15.0.